The Balaban J connectivity index is 2.10. The van der Waals surface area contributed by atoms with E-state index in [9.17, 15) is 9.59 Å². The largest absolute Gasteiger partial charge is 0.380 e. The van der Waals surface area contributed by atoms with E-state index in [2.05, 4.69) is 10.6 Å². The number of carbonyl (C=O) groups excluding carboxylic acids is 2. The first-order chi connectivity index (χ1) is 7.59. The zero-order chi connectivity index (χ0) is 11.8. The van der Waals surface area contributed by atoms with Crippen LogP contribution in [0.15, 0.2) is 0 Å². The summed E-state index contributed by atoms with van der Waals surface area (Å²) in [5, 5.41) is 5.88. The van der Waals surface area contributed by atoms with Crippen LogP contribution in [0, 0.1) is 0 Å². The van der Waals surface area contributed by atoms with Crippen LogP contribution in [0.1, 0.15) is 13.3 Å². The molecule has 2 N–H and O–H groups in total. The Morgan fingerprint density at radius 3 is 2.88 bits per heavy atom. The standard InChI is InChI=1S/C10H17N3O3/c1-7(16-2)5-13-8(14)10(12-9(13)15)3-4-11-6-10/h7,11H,3-6H2,1-2H3,(H,12,15). The summed E-state index contributed by atoms with van der Waals surface area (Å²) < 4.78 is 5.07. The van der Waals surface area contributed by atoms with E-state index < -0.39 is 5.54 Å². The van der Waals surface area contributed by atoms with Gasteiger partial charge >= 0.3 is 6.03 Å². The highest BCUT2D eigenvalue weighted by Gasteiger charge is 2.52. The maximum absolute atomic E-state index is 12.1. The molecule has 2 aliphatic heterocycles. The minimum Gasteiger partial charge on any atom is -0.380 e. The van der Waals surface area contributed by atoms with Crippen molar-refractivity contribution in [3.8, 4) is 0 Å². The molecule has 0 aliphatic carbocycles. The lowest BCUT2D eigenvalue weighted by Crippen LogP contribution is -2.49. The van der Waals surface area contributed by atoms with E-state index in [0.717, 1.165) is 6.54 Å². The van der Waals surface area contributed by atoms with Crippen molar-refractivity contribution in [2.75, 3.05) is 26.7 Å². The minimum atomic E-state index is -0.704. The van der Waals surface area contributed by atoms with Crippen molar-refractivity contribution in [1.82, 2.24) is 15.5 Å². The summed E-state index contributed by atoms with van der Waals surface area (Å²) in [6.45, 7) is 3.43. The van der Waals surface area contributed by atoms with Gasteiger partial charge in [-0.2, -0.15) is 0 Å². The van der Waals surface area contributed by atoms with Gasteiger partial charge < -0.3 is 15.4 Å². The number of urea groups is 1. The molecule has 0 saturated carbocycles. The molecule has 2 rings (SSSR count). The van der Waals surface area contributed by atoms with E-state index in [1.54, 1.807) is 7.11 Å². The van der Waals surface area contributed by atoms with Crippen molar-refractivity contribution in [2.24, 2.45) is 0 Å². The van der Waals surface area contributed by atoms with Crippen LogP contribution < -0.4 is 10.6 Å². The van der Waals surface area contributed by atoms with E-state index in [1.165, 1.54) is 4.90 Å². The quantitative estimate of drug-likeness (QED) is 0.626. The second-order valence-electron chi connectivity index (χ2n) is 4.40. The summed E-state index contributed by atoms with van der Waals surface area (Å²) in [6.07, 6.45) is 0.523. The first kappa shape index (κ1) is 11.3. The summed E-state index contributed by atoms with van der Waals surface area (Å²) in [6, 6.07) is -0.308. The van der Waals surface area contributed by atoms with Crippen molar-refractivity contribution in [2.45, 2.75) is 25.0 Å². The molecule has 6 heteroatoms. The minimum absolute atomic E-state index is 0.133. The third-order valence-corrected chi connectivity index (χ3v) is 3.24. The molecule has 90 valence electrons. The Kier molecular flexibility index (Phi) is 2.86. The molecular weight excluding hydrogens is 210 g/mol. The number of hydrogen-bond donors (Lipinski definition) is 2. The third kappa shape index (κ3) is 1.68. The van der Waals surface area contributed by atoms with Crippen molar-refractivity contribution in [3.63, 3.8) is 0 Å². The van der Waals surface area contributed by atoms with Gasteiger partial charge in [-0.15, -0.1) is 0 Å². The summed E-state index contributed by atoms with van der Waals surface area (Å²) in [4.78, 5) is 25.1. The average Bonchev–Trinajstić information content (AvgIpc) is 2.81. The smallest absolute Gasteiger partial charge is 0.325 e. The average molecular weight is 227 g/mol. The molecule has 2 unspecified atom stereocenters. The summed E-state index contributed by atoms with van der Waals surface area (Å²) >= 11 is 0. The number of nitrogens with zero attached hydrogens (tertiary/aromatic N) is 1. The second-order valence-corrected chi connectivity index (χ2v) is 4.40. The zero-order valence-electron chi connectivity index (χ0n) is 9.58. The van der Waals surface area contributed by atoms with Gasteiger partial charge in [0.15, 0.2) is 0 Å². The fraction of sp³-hybridized carbons (Fsp3) is 0.800. The Morgan fingerprint density at radius 2 is 2.31 bits per heavy atom. The fourth-order valence-electron chi connectivity index (χ4n) is 2.15. The van der Waals surface area contributed by atoms with Gasteiger partial charge in [-0.05, 0) is 19.9 Å². The molecule has 2 fully saturated rings. The van der Waals surface area contributed by atoms with Crippen LogP contribution >= 0.6 is 0 Å². The fourth-order valence-corrected chi connectivity index (χ4v) is 2.15. The van der Waals surface area contributed by atoms with Crippen LogP contribution in [-0.2, 0) is 9.53 Å². The van der Waals surface area contributed by atoms with E-state index in [4.69, 9.17) is 4.74 Å². The van der Waals surface area contributed by atoms with Crippen molar-refractivity contribution < 1.29 is 14.3 Å². The second kappa shape index (κ2) is 4.03. The normalized spacial score (nSPS) is 31.2. The lowest BCUT2D eigenvalue weighted by Gasteiger charge is -2.20. The molecule has 2 aliphatic rings. The molecule has 6 nitrogen and oxygen atoms in total. The highest BCUT2D eigenvalue weighted by atomic mass is 16.5. The number of methoxy groups -OCH3 is 1. The maximum Gasteiger partial charge on any atom is 0.325 e. The van der Waals surface area contributed by atoms with Crippen LogP contribution in [0.5, 0.6) is 0 Å². The lowest BCUT2D eigenvalue weighted by molar-refractivity contribution is -0.131. The van der Waals surface area contributed by atoms with Gasteiger partial charge in [-0.25, -0.2) is 4.79 Å². The van der Waals surface area contributed by atoms with E-state index in [1.807, 2.05) is 6.92 Å². The van der Waals surface area contributed by atoms with Gasteiger partial charge in [-0.3, -0.25) is 9.69 Å². The number of hydrogen-bond acceptors (Lipinski definition) is 4. The van der Waals surface area contributed by atoms with Crippen LogP contribution in [0.3, 0.4) is 0 Å². The Bertz CT molecular complexity index is 312. The first-order valence-corrected chi connectivity index (χ1v) is 5.47. The zero-order valence-corrected chi connectivity index (χ0v) is 9.58. The SMILES string of the molecule is COC(C)CN1C(=O)NC2(CCNC2)C1=O. The third-order valence-electron chi connectivity index (χ3n) is 3.24. The molecular formula is C10H17N3O3. The van der Waals surface area contributed by atoms with Gasteiger partial charge in [0.1, 0.15) is 5.54 Å². The topological polar surface area (TPSA) is 70.7 Å². The molecule has 3 amide bonds. The van der Waals surface area contributed by atoms with Gasteiger partial charge in [0.2, 0.25) is 0 Å². The van der Waals surface area contributed by atoms with Crippen molar-refractivity contribution in [1.29, 1.82) is 0 Å². The van der Waals surface area contributed by atoms with E-state index in [-0.39, 0.29) is 18.0 Å². The summed E-state index contributed by atoms with van der Waals surface area (Å²) in [7, 11) is 1.57. The molecule has 2 saturated heterocycles. The van der Waals surface area contributed by atoms with Crippen LogP contribution in [0.4, 0.5) is 4.79 Å². The Morgan fingerprint density at radius 1 is 1.56 bits per heavy atom. The van der Waals surface area contributed by atoms with Crippen molar-refractivity contribution >= 4 is 11.9 Å². The number of ether oxygens (including phenoxy) is 1. The number of carbonyl (C=O) groups is 2. The monoisotopic (exact) mass is 227 g/mol. The first-order valence-electron chi connectivity index (χ1n) is 5.47. The molecule has 0 radical (unpaired) electrons. The van der Waals surface area contributed by atoms with E-state index in [0.29, 0.717) is 19.5 Å². The number of rotatable bonds is 3. The Labute approximate surface area is 94.3 Å². The highest BCUT2D eigenvalue weighted by Crippen LogP contribution is 2.24. The van der Waals surface area contributed by atoms with Crippen LogP contribution in [0.25, 0.3) is 0 Å². The molecule has 16 heavy (non-hydrogen) atoms. The molecule has 1 spiro atoms. The number of imide groups is 1. The molecule has 0 bridgehead atoms. The maximum atomic E-state index is 12.1. The summed E-state index contributed by atoms with van der Waals surface area (Å²) in [5.41, 5.74) is -0.704. The highest BCUT2D eigenvalue weighted by molar-refractivity contribution is 6.07. The molecule has 0 aromatic heterocycles. The molecule has 2 atom stereocenters. The van der Waals surface area contributed by atoms with E-state index >= 15 is 0 Å². The Hall–Kier alpha value is -1.14. The predicted molar refractivity (Wildman–Crippen MR) is 56.9 cm³/mol. The summed E-state index contributed by atoms with van der Waals surface area (Å²) in [5.74, 6) is -0.133. The van der Waals surface area contributed by atoms with Gasteiger partial charge in [0, 0.05) is 13.7 Å². The predicted octanol–water partition coefficient (Wildman–Crippen LogP) is -0.695. The van der Waals surface area contributed by atoms with Crippen LogP contribution in [-0.4, -0.2) is 55.2 Å². The molecule has 2 heterocycles. The molecule has 0 aromatic carbocycles. The number of amides is 3. The van der Waals surface area contributed by atoms with Gasteiger partial charge in [0.25, 0.3) is 5.91 Å². The van der Waals surface area contributed by atoms with Gasteiger partial charge in [-0.1, -0.05) is 0 Å². The lowest BCUT2D eigenvalue weighted by atomic mass is 9.99. The van der Waals surface area contributed by atoms with Crippen molar-refractivity contribution in [3.05, 3.63) is 0 Å². The van der Waals surface area contributed by atoms with Crippen LogP contribution in [0.2, 0.25) is 0 Å². The molecule has 0 aromatic rings. The van der Waals surface area contributed by atoms with Gasteiger partial charge in [0.05, 0.1) is 12.6 Å². The number of nitrogens with one attached hydrogen (secondary N) is 2.